The van der Waals surface area contributed by atoms with Crippen LogP contribution in [0.25, 0.3) is 0 Å². The van der Waals surface area contributed by atoms with Gasteiger partial charge in [-0.2, -0.15) is 9.98 Å². The average Bonchev–Trinajstić information content (AvgIpc) is 2.17. The van der Waals surface area contributed by atoms with Crippen molar-refractivity contribution in [3.63, 3.8) is 0 Å². The molecule has 86 valence electrons. The first-order chi connectivity index (χ1) is 6.93. The van der Waals surface area contributed by atoms with Gasteiger partial charge in [0.05, 0.1) is 11.8 Å². The number of hydrogen-bond donors (Lipinski definition) is 1. The van der Waals surface area contributed by atoms with Gasteiger partial charge in [0.15, 0.2) is 0 Å². The number of sulfonamides is 1. The summed E-state index contributed by atoms with van der Waals surface area (Å²) in [6.07, 6.45) is 3.26. The predicted octanol–water partition coefficient (Wildman–Crippen LogP) is 1.40. The summed E-state index contributed by atoms with van der Waals surface area (Å²) < 4.78 is 25.5. The van der Waals surface area contributed by atoms with Crippen LogP contribution in [0.1, 0.15) is 39.5 Å². The second-order valence-electron chi connectivity index (χ2n) is 4.40. The maximum atomic E-state index is 11.5. The molecule has 1 aliphatic carbocycles. The van der Waals surface area contributed by atoms with E-state index in [1.807, 2.05) is 0 Å². The van der Waals surface area contributed by atoms with Gasteiger partial charge in [-0.1, -0.05) is 19.8 Å². The third-order valence-electron chi connectivity index (χ3n) is 2.94. The zero-order chi connectivity index (χ0) is 11.5. The molecule has 1 aliphatic rings. The largest absolute Gasteiger partial charge is 0.212 e. The third kappa shape index (κ3) is 3.18. The van der Waals surface area contributed by atoms with Crippen molar-refractivity contribution in [3.8, 4) is 6.07 Å². The van der Waals surface area contributed by atoms with Crippen molar-refractivity contribution in [1.82, 2.24) is 4.72 Å². The summed E-state index contributed by atoms with van der Waals surface area (Å²) in [5, 5.41) is 9.14. The van der Waals surface area contributed by atoms with Gasteiger partial charge in [0, 0.05) is 0 Å². The van der Waals surface area contributed by atoms with Gasteiger partial charge < -0.3 is 0 Å². The number of hydrogen-bond acceptors (Lipinski definition) is 3. The summed E-state index contributed by atoms with van der Waals surface area (Å²) >= 11 is 0. The molecule has 0 spiro atoms. The fourth-order valence-corrected chi connectivity index (χ4v) is 3.11. The van der Waals surface area contributed by atoms with Gasteiger partial charge in [-0.3, -0.25) is 0 Å². The van der Waals surface area contributed by atoms with E-state index in [0.29, 0.717) is 18.8 Å². The molecule has 1 saturated carbocycles. The van der Waals surface area contributed by atoms with Crippen LogP contribution in [0.3, 0.4) is 0 Å². The fourth-order valence-electron chi connectivity index (χ4n) is 2.14. The van der Waals surface area contributed by atoms with Crippen LogP contribution in [-0.2, 0) is 10.0 Å². The SMILES string of the molecule is CCS(=O)(=O)NC1(C#N)CCCC(C)C1. The first kappa shape index (κ1) is 12.5. The van der Waals surface area contributed by atoms with E-state index in [0.717, 1.165) is 12.8 Å². The van der Waals surface area contributed by atoms with E-state index < -0.39 is 15.6 Å². The van der Waals surface area contributed by atoms with E-state index >= 15 is 0 Å². The topological polar surface area (TPSA) is 70.0 Å². The normalized spacial score (nSPS) is 32.2. The Morgan fingerprint density at radius 2 is 2.27 bits per heavy atom. The zero-order valence-corrected chi connectivity index (χ0v) is 10.1. The van der Waals surface area contributed by atoms with Crippen molar-refractivity contribution in [3.05, 3.63) is 0 Å². The Balaban J connectivity index is 2.82. The Morgan fingerprint density at radius 1 is 1.60 bits per heavy atom. The molecule has 0 amide bonds. The van der Waals surface area contributed by atoms with E-state index in [-0.39, 0.29) is 5.75 Å². The lowest BCUT2D eigenvalue weighted by molar-refractivity contribution is 0.270. The van der Waals surface area contributed by atoms with Gasteiger partial charge in [0.1, 0.15) is 5.54 Å². The van der Waals surface area contributed by atoms with E-state index in [4.69, 9.17) is 5.26 Å². The summed E-state index contributed by atoms with van der Waals surface area (Å²) in [5.41, 5.74) is -0.855. The summed E-state index contributed by atoms with van der Waals surface area (Å²) in [6, 6.07) is 2.15. The Kier molecular flexibility index (Phi) is 3.74. The molecule has 1 rings (SSSR count). The summed E-state index contributed by atoms with van der Waals surface area (Å²) in [7, 11) is -3.29. The molecule has 0 aromatic heterocycles. The molecule has 4 nitrogen and oxygen atoms in total. The molecule has 2 atom stereocenters. The quantitative estimate of drug-likeness (QED) is 0.796. The minimum atomic E-state index is -3.29. The molecule has 5 heteroatoms. The van der Waals surface area contributed by atoms with Crippen molar-refractivity contribution in [1.29, 1.82) is 5.26 Å². The van der Waals surface area contributed by atoms with Gasteiger partial charge >= 0.3 is 0 Å². The second kappa shape index (κ2) is 4.50. The van der Waals surface area contributed by atoms with Crippen LogP contribution >= 0.6 is 0 Å². The van der Waals surface area contributed by atoms with Crippen molar-refractivity contribution in [2.24, 2.45) is 5.92 Å². The summed E-state index contributed by atoms with van der Waals surface area (Å²) in [6.45, 7) is 3.64. The van der Waals surface area contributed by atoms with Gasteiger partial charge in [-0.05, 0) is 25.7 Å². The van der Waals surface area contributed by atoms with E-state index in [9.17, 15) is 8.42 Å². The summed E-state index contributed by atoms with van der Waals surface area (Å²) in [5.74, 6) is 0.447. The van der Waals surface area contributed by atoms with Crippen LogP contribution in [0.5, 0.6) is 0 Å². The second-order valence-corrected chi connectivity index (χ2v) is 6.41. The van der Waals surface area contributed by atoms with E-state index in [1.54, 1.807) is 6.92 Å². The Labute approximate surface area is 91.7 Å². The molecule has 0 aliphatic heterocycles. The molecule has 1 fully saturated rings. The first-order valence-corrected chi connectivity index (χ1v) is 7.01. The molecule has 1 N–H and O–H groups in total. The number of rotatable bonds is 3. The molecule has 0 bridgehead atoms. The summed E-state index contributed by atoms with van der Waals surface area (Å²) in [4.78, 5) is 0. The van der Waals surface area contributed by atoms with Gasteiger partial charge in [-0.25, -0.2) is 8.42 Å². The molecule has 0 aromatic carbocycles. The monoisotopic (exact) mass is 230 g/mol. The smallest absolute Gasteiger partial charge is 0.212 e. The fraction of sp³-hybridized carbons (Fsp3) is 0.900. The van der Waals surface area contributed by atoms with E-state index in [1.165, 1.54) is 0 Å². The van der Waals surface area contributed by atoms with Crippen molar-refractivity contribution < 1.29 is 8.42 Å². The molecule has 15 heavy (non-hydrogen) atoms. The highest BCUT2D eigenvalue weighted by Gasteiger charge is 2.37. The average molecular weight is 230 g/mol. The Morgan fingerprint density at radius 3 is 2.73 bits per heavy atom. The molecular weight excluding hydrogens is 212 g/mol. The van der Waals surface area contributed by atoms with E-state index in [2.05, 4.69) is 17.7 Å². The van der Waals surface area contributed by atoms with Gasteiger partial charge in [0.25, 0.3) is 0 Å². The molecular formula is C10H18N2O2S. The number of nitriles is 1. The minimum absolute atomic E-state index is 0.0326. The van der Waals surface area contributed by atoms with Crippen LogP contribution in [-0.4, -0.2) is 19.7 Å². The lowest BCUT2D eigenvalue weighted by atomic mass is 9.78. The van der Waals surface area contributed by atoms with Crippen LogP contribution in [0.15, 0.2) is 0 Å². The number of nitrogens with one attached hydrogen (secondary N) is 1. The van der Waals surface area contributed by atoms with Crippen LogP contribution in [0.4, 0.5) is 0 Å². The van der Waals surface area contributed by atoms with Crippen molar-refractivity contribution in [2.45, 2.75) is 45.1 Å². The molecule has 2 unspecified atom stereocenters. The first-order valence-electron chi connectivity index (χ1n) is 5.36. The molecule has 0 radical (unpaired) electrons. The van der Waals surface area contributed by atoms with Crippen LogP contribution in [0.2, 0.25) is 0 Å². The lowest BCUT2D eigenvalue weighted by Crippen LogP contribution is -2.50. The molecule has 0 saturated heterocycles. The minimum Gasteiger partial charge on any atom is -0.212 e. The van der Waals surface area contributed by atoms with Crippen LogP contribution < -0.4 is 4.72 Å². The van der Waals surface area contributed by atoms with Crippen molar-refractivity contribution in [2.75, 3.05) is 5.75 Å². The maximum absolute atomic E-state index is 11.5. The highest BCUT2D eigenvalue weighted by Crippen LogP contribution is 2.32. The van der Waals surface area contributed by atoms with Gasteiger partial charge in [-0.15, -0.1) is 0 Å². The Hall–Kier alpha value is -0.600. The zero-order valence-electron chi connectivity index (χ0n) is 9.28. The highest BCUT2D eigenvalue weighted by molar-refractivity contribution is 7.89. The maximum Gasteiger partial charge on any atom is 0.212 e. The molecule has 0 aromatic rings. The highest BCUT2D eigenvalue weighted by atomic mass is 32.2. The third-order valence-corrected chi connectivity index (χ3v) is 4.40. The predicted molar refractivity (Wildman–Crippen MR) is 58.6 cm³/mol. The number of nitrogens with zero attached hydrogens (tertiary/aromatic N) is 1. The standard InChI is InChI=1S/C10H18N2O2S/c1-3-15(13,14)12-10(8-11)6-4-5-9(2)7-10/h9,12H,3-7H2,1-2H3. The van der Waals surface area contributed by atoms with Gasteiger partial charge in [0.2, 0.25) is 10.0 Å². The molecule has 0 heterocycles. The Bertz CT molecular complexity index is 358. The lowest BCUT2D eigenvalue weighted by Gasteiger charge is -2.34. The van der Waals surface area contributed by atoms with Crippen molar-refractivity contribution >= 4 is 10.0 Å². The van der Waals surface area contributed by atoms with Crippen LogP contribution in [0, 0.1) is 17.2 Å².